The number of halogens is 2. The standard InChI is InChI=1S/C12H6BrClN2S/c13-7-3-4-8-9(6-7)15-12(16-11(8)14)10-2-1-5-17-10/h1-6H. The van der Waals surface area contributed by atoms with Crippen molar-refractivity contribution in [2.45, 2.75) is 0 Å². The zero-order valence-electron chi connectivity index (χ0n) is 8.52. The molecule has 0 saturated heterocycles. The molecule has 17 heavy (non-hydrogen) atoms. The van der Waals surface area contributed by atoms with Crippen molar-refractivity contribution >= 4 is 49.8 Å². The first-order chi connectivity index (χ1) is 8.24. The molecule has 0 bridgehead atoms. The lowest BCUT2D eigenvalue weighted by Crippen LogP contribution is -1.90. The molecule has 0 atom stereocenters. The summed E-state index contributed by atoms with van der Waals surface area (Å²) in [6.45, 7) is 0. The highest BCUT2D eigenvalue weighted by molar-refractivity contribution is 9.10. The number of rotatable bonds is 1. The van der Waals surface area contributed by atoms with Crippen molar-refractivity contribution in [3.63, 3.8) is 0 Å². The highest BCUT2D eigenvalue weighted by Crippen LogP contribution is 2.28. The van der Waals surface area contributed by atoms with Crippen molar-refractivity contribution in [2.24, 2.45) is 0 Å². The Hall–Kier alpha value is -0.970. The van der Waals surface area contributed by atoms with Crippen LogP contribution < -0.4 is 0 Å². The van der Waals surface area contributed by atoms with Crippen LogP contribution in [0.5, 0.6) is 0 Å². The highest BCUT2D eigenvalue weighted by atomic mass is 79.9. The van der Waals surface area contributed by atoms with Crippen LogP contribution in [0.2, 0.25) is 5.15 Å². The highest BCUT2D eigenvalue weighted by Gasteiger charge is 2.08. The van der Waals surface area contributed by atoms with Crippen LogP contribution in [0, 0.1) is 0 Å². The van der Waals surface area contributed by atoms with Crippen LogP contribution >= 0.6 is 38.9 Å². The van der Waals surface area contributed by atoms with Gasteiger partial charge >= 0.3 is 0 Å². The molecule has 0 spiro atoms. The molecule has 2 aromatic heterocycles. The van der Waals surface area contributed by atoms with Gasteiger partial charge in [-0.3, -0.25) is 0 Å². The molecule has 3 aromatic rings. The normalized spacial score (nSPS) is 10.9. The van der Waals surface area contributed by atoms with Gasteiger partial charge in [0.15, 0.2) is 5.82 Å². The largest absolute Gasteiger partial charge is 0.227 e. The summed E-state index contributed by atoms with van der Waals surface area (Å²) in [6.07, 6.45) is 0. The number of fused-ring (bicyclic) bond motifs is 1. The van der Waals surface area contributed by atoms with Gasteiger partial charge in [-0.15, -0.1) is 11.3 Å². The molecule has 1 aromatic carbocycles. The molecule has 2 nitrogen and oxygen atoms in total. The average Bonchev–Trinajstić information content (AvgIpc) is 2.81. The summed E-state index contributed by atoms with van der Waals surface area (Å²) < 4.78 is 0.983. The first kappa shape index (κ1) is 11.1. The Labute approximate surface area is 115 Å². The predicted octanol–water partition coefficient (Wildman–Crippen LogP) is 4.77. The minimum absolute atomic E-state index is 0.492. The van der Waals surface area contributed by atoms with Crippen molar-refractivity contribution in [1.29, 1.82) is 0 Å². The molecule has 0 aliphatic carbocycles. The number of aromatic nitrogens is 2. The van der Waals surface area contributed by atoms with Gasteiger partial charge in [-0.2, -0.15) is 0 Å². The molecule has 0 radical (unpaired) electrons. The summed E-state index contributed by atoms with van der Waals surface area (Å²) in [5.41, 5.74) is 0.850. The molecule has 0 aliphatic rings. The van der Waals surface area contributed by atoms with E-state index in [1.165, 1.54) is 0 Å². The maximum absolute atomic E-state index is 6.17. The molecule has 0 amide bonds. The second-order valence-corrected chi connectivity index (χ2v) is 5.70. The molecular weight excluding hydrogens is 320 g/mol. The summed E-state index contributed by atoms with van der Waals surface area (Å²) in [4.78, 5) is 9.87. The van der Waals surface area contributed by atoms with Crippen LogP contribution in [0.3, 0.4) is 0 Å². The molecule has 84 valence electrons. The SMILES string of the molecule is Clc1nc(-c2cccs2)nc2cc(Br)ccc12. The second-order valence-electron chi connectivity index (χ2n) is 3.48. The smallest absolute Gasteiger partial charge is 0.171 e. The Kier molecular flexibility index (Phi) is 2.86. The Morgan fingerprint density at radius 1 is 1.18 bits per heavy atom. The van der Waals surface area contributed by atoms with Gasteiger partial charge in [0.2, 0.25) is 0 Å². The Morgan fingerprint density at radius 3 is 2.82 bits per heavy atom. The fraction of sp³-hybridized carbons (Fsp3) is 0. The van der Waals surface area contributed by atoms with Crippen LogP contribution in [0.4, 0.5) is 0 Å². The van der Waals surface area contributed by atoms with Crippen molar-refractivity contribution in [1.82, 2.24) is 9.97 Å². The predicted molar refractivity (Wildman–Crippen MR) is 75.6 cm³/mol. The average molecular weight is 326 g/mol. The number of hydrogen-bond donors (Lipinski definition) is 0. The van der Waals surface area contributed by atoms with E-state index in [2.05, 4.69) is 25.9 Å². The van der Waals surface area contributed by atoms with E-state index < -0.39 is 0 Å². The molecule has 0 fully saturated rings. The van der Waals surface area contributed by atoms with Gasteiger partial charge in [-0.05, 0) is 29.6 Å². The lowest BCUT2D eigenvalue weighted by molar-refractivity contribution is 1.24. The van der Waals surface area contributed by atoms with Crippen molar-refractivity contribution in [2.75, 3.05) is 0 Å². The topological polar surface area (TPSA) is 25.8 Å². The minimum atomic E-state index is 0.492. The maximum atomic E-state index is 6.17. The number of benzene rings is 1. The Morgan fingerprint density at radius 2 is 2.06 bits per heavy atom. The van der Waals surface area contributed by atoms with E-state index in [9.17, 15) is 0 Å². The molecule has 0 unspecified atom stereocenters. The first-order valence-corrected chi connectivity index (χ1v) is 6.96. The van der Waals surface area contributed by atoms with Crippen LogP contribution in [-0.2, 0) is 0 Å². The third kappa shape index (κ3) is 2.08. The van der Waals surface area contributed by atoms with Crippen molar-refractivity contribution in [3.05, 3.63) is 45.3 Å². The maximum Gasteiger partial charge on any atom is 0.171 e. The van der Waals surface area contributed by atoms with E-state index in [0.717, 1.165) is 20.3 Å². The summed E-state index contributed by atoms with van der Waals surface area (Å²) in [5, 5.41) is 3.36. The molecule has 3 rings (SSSR count). The third-order valence-corrected chi connectivity index (χ3v) is 4.00. The minimum Gasteiger partial charge on any atom is -0.227 e. The Balaban J connectivity index is 2.29. The molecular formula is C12H6BrClN2S. The Bertz CT molecular complexity index is 682. The fourth-order valence-electron chi connectivity index (χ4n) is 1.58. The fourth-order valence-corrected chi connectivity index (χ4v) is 2.83. The number of thiophene rings is 1. The van der Waals surface area contributed by atoms with Gasteiger partial charge < -0.3 is 0 Å². The number of hydrogen-bond acceptors (Lipinski definition) is 3. The lowest BCUT2D eigenvalue weighted by Gasteiger charge is -2.03. The third-order valence-electron chi connectivity index (χ3n) is 2.35. The second kappa shape index (κ2) is 4.37. The molecule has 5 heteroatoms. The van der Waals surface area contributed by atoms with Gasteiger partial charge in [0.05, 0.1) is 10.4 Å². The van der Waals surface area contributed by atoms with Crippen molar-refractivity contribution in [3.8, 4) is 10.7 Å². The molecule has 2 heterocycles. The summed E-state index contributed by atoms with van der Waals surface area (Å²) >= 11 is 11.2. The van der Waals surface area contributed by atoms with Crippen LogP contribution in [0.1, 0.15) is 0 Å². The summed E-state index contributed by atoms with van der Waals surface area (Å²) in [6, 6.07) is 9.75. The molecule has 0 N–H and O–H groups in total. The molecule has 0 saturated carbocycles. The van der Waals surface area contributed by atoms with Gasteiger partial charge in [0.25, 0.3) is 0 Å². The van der Waals surface area contributed by atoms with E-state index in [-0.39, 0.29) is 0 Å². The van der Waals surface area contributed by atoms with E-state index in [4.69, 9.17) is 11.6 Å². The summed E-state index contributed by atoms with van der Waals surface area (Å²) in [7, 11) is 0. The van der Waals surface area contributed by atoms with Gasteiger partial charge in [0.1, 0.15) is 5.15 Å². The van der Waals surface area contributed by atoms with Crippen LogP contribution in [0.15, 0.2) is 40.2 Å². The van der Waals surface area contributed by atoms with E-state index in [0.29, 0.717) is 11.0 Å². The zero-order valence-corrected chi connectivity index (χ0v) is 11.7. The lowest BCUT2D eigenvalue weighted by atomic mass is 10.2. The van der Waals surface area contributed by atoms with Gasteiger partial charge in [-0.1, -0.05) is 33.6 Å². The van der Waals surface area contributed by atoms with E-state index in [1.54, 1.807) is 11.3 Å². The van der Waals surface area contributed by atoms with Crippen molar-refractivity contribution < 1.29 is 0 Å². The van der Waals surface area contributed by atoms with E-state index >= 15 is 0 Å². The quantitative estimate of drug-likeness (QED) is 0.602. The van der Waals surface area contributed by atoms with Gasteiger partial charge in [-0.25, -0.2) is 9.97 Å². The molecule has 0 aliphatic heterocycles. The van der Waals surface area contributed by atoms with Crippen LogP contribution in [0.25, 0.3) is 21.6 Å². The zero-order chi connectivity index (χ0) is 11.8. The monoisotopic (exact) mass is 324 g/mol. The van der Waals surface area contributed by atoms with Gasteiger partial charge in [0, 0.05) is 9.86 Å². The number of nitrogens with zero attached hydrogens (tertiary/aromatic N) is 2. The van der Waals surface area contributed by atoms with E-state index in [1.807, 2.05) is 35.7 Å². The summed E-state index contributed by atoms with van der Waals surface area (Å²) in [5.74, 6) is 0.676. The first-order valence-electron chi connectivity index (χ1n) is 4.91. The van der Waals surface area contributed by atoms with Crippen LogP contribution in [-0.4, -0.2) is 9.97 Å².